The zero-order chi connectivity index (χ0) is 13.8. The minimum atomic E-state index is -4.42. The summed E-state index contributed by atoms with van der Waals surface area (Å²) in [5.41, 5.74) is 0. The molecule has 0 saturated carbocycles. The lowest BCUT2D eigenvalue weighted by Crippen LogP contribution is -2.40. The highest BCUT2D eigenvalue weighted by molar-refractivity contribution is 5.84. The summed E-state index contributed by atoms with van der Waals surface area (Å²) in [7, 11) is 0. The third kappa shape index (κ3) is 4.52. The molecule has 1 fully saturated rings. The fourth-order valence-corrected chi connectivity index (χ4v) is 1.81. The molecule has 1 heterocycles. The van der Waals surface area contributed by atoms with Crippen LogP contribution in [0.4, 0.5) is 13.2 Å². The van der Waals surface area contributed by atoms with E-state index in [9.17, 15) is 22.8 Å². The standard InChI is InChI=1S/C10H14F3NO4/c11-10(12,13)6-18-5-3-8(15)14-4-1-2-7(14)9(16)17/h7H,1-6H2,(H,16,17)/t7-/m0/s1. The van der Waals surface area contributed by atoms with Crippen LogP contribution in [0.1, 0.15) is 19.3 Å². The highest BCUT2D eigenvalue weighted by atomic mass is 19.4. The fourth-order valence-electron chi connectivity index (χ4n) is 1.81. The number of amides is 1. The van der Waals surface area contributed by atoms with Gasteiger partial charge in [0.05, 0.1) is 13.0 Å². The number of carboxylic acids is 1. The van der Waals surface area contributed by atoms with E-state index in [1.807, 2.05) is 0 Å². The zero-order valence-corrected chi connectivity index (χ0v) is 9.57. The summed E-state index contributed by atoms with van der Waals surface area (Å²) in [6.07, 6.45) is -3.68. The van der Waals surface area contributed by atoms with Gasteiger partial charge in [0.1, 0.15) is 12.6 Å². The third-order valence-electron chi connectivity index (χ3n) is 2.58. The molecular weight excluding hydrogens is 255 g/mol. The van der Waals surface area contributed by atoms with E-state index in [1.54, 1.807) is 0 Å². The van der Waals surface area contributed by atoms with Crippen molar-refractivity contribution in [2.45, 2.75) is 31.5 Å². The number of carbonyl (C=O) groups is 2. The van der Waals surface area contributed by atoms with Gasteiger partial charge in [-0.25, -0.2) is 4.79 Å². The maximum atomic E-state index is 11.8. The first kappa shape index (κ1) is 14.7. The molecule has 18 heavy (non-hydrogen) atoms. The molecule has 1 rings (SSSR count). The Balaban J connectivity index is 2.30. The lowest BCUT2D eigenvalue weighted by Gasteiger charge is -2.21. The average molecular weight is 269 g/mol. The summed E-state index contributed by atoms with van der Waals surface area (Å²) in [6, 6.07) is -0.861. The van der Waals surface area contributed by atoms with Gasteiger partial charge in [-0.15, -0.1) is 0 Å². The van der Waals surface area contributed by atoms with Crippen molar-refractivity contribution in [1.29, 1.82) is 0 Å². The van der Waals surface area contributed by atoms with Crippen molar-refractivity contribution >= 4 is 11.9 Å². The monoisotopic (exact) mass is 269 g/mol. The quantitative estimate of drug-likeness (QED) is 0.757. The second-order valence-electron chi connectivity index (χ2n) is 4.00. The highest BCUT2D eigenvalue weighted by Gasteiger charge is 2.33. The van der Waals surface area contributed by atoms with Crippen LogP contribution in [-0.2, 0) is 14.3 Å². The van der Waals surface area contributed by atoms with Gasteiger partial charge in [0, 0.05) is 6.54 Å². The predicted molar refractivity (Wildman–Crippen MR) is 53.9 cm³/mol. The van der Waals surface area contributed by atoms with Crippen LogP contribution < -0.4 is 0 Å². The highest BCUT2D eigenvalue weighted by Crippen LogP contribution is 2.19. The number of carboxylic acid groups (broad SMARTS) is 1. The molecule has 0 unspecified atom stereocenters. The molecule has 0 aromatic heterocycles. The lowest BCUT2D eigenvalue weighted by atomic mass is 10.2. The van der Waals surface area contributed by atoms with Crippen molar-refractivity contribution in [3.8, 4) is 0 Å². The van der Waals surface area contributed by atoms with E-state index >= 15 is 0 Å². The Labute approximate surface area is 102 Å². The minimum Gasteiger partial charge on any atom is -0.480 e. The van der Waals surface area contributed by atoms with Crippen LogP contribution in [0, 0.1) is 0 Å². The van der Waals surface area contributed by atoms with Crippen molar-refractivity contribution in [3.63, 3.8) is 0 Å². The maximum absolute atomic E-state index is 11.8. The van der Waals surface area contributed by atoms with Gasteiger partial charge in [-0.2, -0.15) is 13.2 Å². The van der Waals surface area contributed by atoms with Crippen molar-refractivity contribution < 1.29 is 32.6 Å². The molecule has 1 aliphatic rings. The number of ether oxygens (including phenoxy) is 1. The van der Waals surface area contributed by atoms with Crippen molar-refractivity contribution in [3.05, 3.63) is 0 Å². The van der Waals surface area contributed by atoms with Crippen LogP contribution in [0.15, 0.2) is 0 Å². The van der Waals surface area contributed by atoms with Gasteiger partial charge in [-0.3, -0.25) is 4.79 Å². The summed E-state index contributed by atoms with van der Waals surface area (Å²) in [5.74, 6) is -1.57. The Morgan fingerprint density at radius 2 is 2.06 bits per heavy atom. The van der Waals surface area contributed by atoms with E-state index in [0.717, 1.165) is 0 Å². The molecule has 1 atom stereocenters. The fraction of sp³-hybridized carbons (Fsp3) is 0.800. The predicted octanol–water partition coefficient (Wildman–Crippen LogP) is 1.03. The van der Waals surface area contributed by atoms with Gasteiger partial charge in [0.25, 0.3) is 0 Å². The van der Waals surface area contributed by atoms with Crippen molar-refractivity contribution in [2.24, 2.45) is 0 Å². The Kier molecular flexibility index (Phi) is 4.94. The van der Waals surface area contributed by atoms with Gasteiger partial charge < -0.3 is 14.7 Å². The zero-order valence-electron chi connectivity index (χ0n) is 9.57. The number of aliphatic carboxylic acids is 1. The third-order valence-corrected chi connectivity index (χ3v) is 2.58. The molecule has 0 aromatic carbocycles. The van der Waals surface area contributed by atoms with Crippen molar-refractivity contribution in [1.82, 2.24) is 4.90 Å². The number of nitrogens with zero attached hydrogens (tertiary/aromatic N) is 1. The molecule has 1 N–H and O–H groups in total. The Hall–Kier alpha value is -1.31. The number of hydrogen-bond donors (Lipinski definition) is 1. The van der Waals surface area contributed by atoms with E-state index in [4.69, 9.17) is 5.11 Å². The van der Waals surface area contributed by atoms with Crippen LogP contribution in [0.3, 0.4) is 0 Å². The minimum absolute atomic E-state index is 0.236. The Bertz CT molecular complexity index is 319. The SMILES string of the molecule is O=C(O)[C@@H]1CCCN1C(=O)CCOCC(F)(F)F. The van der Waals surface area contributed by atoms with Gasteiger partial charge in [-0.05, 0) is 12.8 Å². The number of likely N-dealkylation sites (tertiary alicyclic amines) is 1. The topological polar surface area (TPSA) is 66.8 Å². The number of alkyl halides is 3. The summed E-state index contributed by atoms with van der Waals surface area (Å²) in [4.78, 5) is 23.6. The van der Waals surface area contributed by atoms with Gasteiger partial charge in [0.15, 0.2) is 0 Å². The number of halogens is 3. The van der Waals surface area contributed by atoms with E-state index in [1.165, 1.54) is 4.90 Å². The molecular formula is C10H14F3NO4. The lowest BCUT2D eigenvalue weighted by molar-refractivity contribution is -0.175. The van der Waals surface area contributed by atoms with E-state index in [2.05, 4.69) is 4.74 Å². The van der Waals surface area contributed by atoms with Gasteiger partial charge in [0.2, 0.25) is 5.91 Å². The van der Waals surface area contributed by atoms with Crippen molar-refractivity contribution in [2.75, 3.05) is 19.8 Å². The Morgan fingerprint density at radius 1 is 1.39 bits per heavy atom. The van der Waals surface area contributed by atoms with E-state index < -0.39 is 30.7 Å². The number of hydrogen-bond acceptors (Lipinski definition) is 3. The first-order chi connectivity index (χ1) is 8.31. The molecule has 104 valence electrons. The molecule has 0 bridgehead atoms. The second-order valence-corrected chi connectivity index (χ2v) is 4.00. The van der Waals surface area contributed by atoms with Crippen LogP contribution in [0.2, 0.25) is 0 Å². The largest absolute Gasteiger partial charge is 0.480 e. The maximum Gasteiger partial charge on any atom is 0.411 e. The van der Waals surface area contributed by atoms with E-state index in [0.29, 0.717) is 19.4 Å². The molecule has 1 aliphatic heterocycles. The van der Waals surface area contributed by atoms with Crippen LogP contribution in [0.5, 0.6) is 0 Å². The summed E-state index contributed by atoms with van der Waals surface area (Å²) < 4.78 is 39.6. The Morgan fingerprint density at radius 3 is 2.61 bits per heavy atom. The first-order valence-corrected chi connectivity index (χ1v) is 5.48. The smallest absolute Gasteiger partial charge is 0.411 e. The second kappa shape index (κ2) is 6.03. The van der Waals surface area contributed by atoms with Crippen LogP contribution in [0.25, 0.3) is 0 Å². The molecule has 0 aliphatic carbocycles. The normalized spacial score (nSPS) is 20.2. The number of rotatable bonds is 5. The molecule has 5 nitrogen and oxygen atoms in total. The molecule has 0 radical (unpaired) electrons. The van der Waals surface area contributed by atoms with Crippen LogP contribution >= 0.6 is 0 Å². The van der Waals surface area contributed by atoms with E-state index in [-0.39, 0.29) is 13.0 Å². The first-order valence-electron chi connectivity index (χ1n) is 5.48. The summed E-state index contributed by atoms with van der Waals surface area (Å²) >= 11 is 0. The summed E-state index contributed by atoms with van der Waals surface area (Å²) in [5, 5.41) is 8.84. The van der Waals surface area contributed by atoms with Gasteiger partial charge in [-0.1, -0.05) is 0 Å². The summed E-state index contributed by atoms with van der Waals surface area (Å²) in [6.45, 7) is -1.43. The molecule has 1 saturated heterocycles. The molecule has 0 spiro atoms. The number of carbonyl (C=O) groups excluding carboxylic acids is 1. The van der Waals surface area contributed by atoms with Crippen LogP contribution in [-0.4, -0.2) is 53.9 Å². The average Bonchev–Trinajstić information content (AvgIpc) is 2.71. The molecule has 8 heteroatoms. The molecule has 1 amide bonds. The van der Waals surface area contributed by atoms with Gasteiger partial charge >= 0.3 is 12.1 Å². The molecule has 0 aromatic rings.